The van der Waals surface area contributed by atoms with Gasteiger partial charge in [-0.05, 0) is 68.4 Å². The standard InChI is InChI=1S/C25H28N2O4/c1-14(2)21-22(23(29)19-9-15(3)8-18(10-19)12-26)20(16(4)27-24(21)30)11-25(6-7-25)13-31-17(5)28/h8-10,14H,6-7,11,13H2,1-5H3,(H,27,30). The molecule has 0 unspecified atom stereocenters. The lowest BCUT2D eigenvalue weighted by molar-refractivity contribution is -0.142. The van der Waals surface area contributed by atoms with Crippen molar-refractivity contribution in [3.05, 3.63) is 67.6 Å². The highest BCUT2D eigenvalue weighted by Gasteiger charge is 2.45. The van der Waals surface area contributed by atoms with E-state index in [0.29, 0.717) is 41.0 Å². The Balaban J connectivity index is 2.17. The normalized spacial score (nSPS) is 14.2. The molecule has 0 saturated heterocycles. The lowest BCUT2D eigenvalue weighted by Crippen LogP contribution is -2.26. The summed E-state index contributed by atoms with van der Waals surface area (Å²) in [6.45, 7) is 9.11. The van der Waals surface area contributed by atoms with E-state index >= 15 is 0 Å². The van der Waals surface area contributed by atoms with E-state index in [1.54, 1.807) is 25.1 Å². The highest BCUT2D eigenvalue weighted by atomic mass is 16.5. The summed E-state index contributed by atoms with van der Waals surface area (Å²) < 4.78 is 5.28. The molecule has 6 heteroatoms. The molecule has 1 saturated carbocycles. The van der Waals surface area contributed by atoms with E-state index in [1.165, 1.54) is 6.92 Å². The maximum Gasteiger partial charge on any atom is 0.302 e. The summed E-state index contributed by atoms with van der Waals surface area (Å²) in [6.07, 6.45) is 2.33. The summed E-state index contributed by atoms with van der Waals surface area (Å²) in [6, 6.07) is 7.15. The van der Waals surface area contributed by atoms with Crippen molar-refractivity contribution < 1.29 is 14.3 Å². The molecular formula is C25H28N2O4. The van der Waals surface area contributed by atoms with Crippen molar-refractivity contribution in [2.75, 3.05) is 6.61 Å². The van der Waals surface area contributed by atoms with E-state index in [0.717, 1.165) is 24.0 Å². The van der Waals surface area contributed by atoms with Crippen LogP contribution >= 0.6 is 0 Å². The molecular weight excluding hydrogens is 392 g/mol. The Morgan fingerprint density at radius 1 is 1.23 bits per heavy atom. The molecule has 1 aromatic carbocycles. The summed E-state index contributed by atoms with van der Waals surface area (Å²) in [4.78, 5) is 40.8. The molecule has 0 amide bonds. The van der Waals surface area contributed by atoms with E-state index in [9.17, 15) is 19.6 Å². The minimum Gasteiger partial charge on any atom is -0.465 e. The van der Waals surface area contributed by atoms with Gasteiger partial charge in [-0.25, -0.2) is 0 Å². The maximum atomic E-state index is 13.7. The van der Waals surface area contributed by atoms with Crippen LogP contribution in [0.2, 0.25) is 0 Å². The van der Waals surface area contributed by atoms with Crippen LogP contribution in [0.25, 0.3) is 0 Å². The third kappa shape index (κ3) is 4.77. The molecule has 1 aromatic heterocycles. The van der Waals surface area contributed by atoms with Crippen LogP contribution in [0.15, 0.2) is 23.0 Å². The Hall–Kier alpha value is -3.20. The topological polar surface area (TPSA) is 100 Å². The van der Waals surface area contributed by atoms with Crippen LogP contribution in [0.5, 0.6) is 0 Å². The number of ketones is 1. The number of aryl methyl sites for hydroxylation is 2. The zero-order valence-electron chi connectivity index (χ0n) is 18.7. The number of nitrogens with one attached hydrogen (secondary N) is 1. The van der Waals surface area contributed by atoms with Crippen molar-refractivity contribution in [1.82, 2.24) is 4.98 Å². The van der Waals surface area contributed by atoms with Gasteiger partial charge in [0, 0.05) is 34.7 Å². The summed E-state index contributed by atoms with van der Waals surface area (Å²) in [5.74, 6) is -0.741. The fourth-order valence-electron chi connectivity index (χ4n) is 4.11. The number of benzene rings is 1. The van der Waals surface area contributed by atoms with Crippen LogP contribution in [0, 0.1) is 30.6 Å². The minimum absolute atomic E-state index is 0.161. The third-order valence-electron chi connectivity index (χ3n) is 5.93. The van der Waals surface area contributed by atoms with Gasteiger partial charge in [-0.2, -0.15) is 5.26 Å². The predicted octanol–water partition coefficient (Wildman–Crippen LogP) is 4.10. The van der Waals surface area contributed by atoms with Crippen LogP contribution in [-0.4, -0.2) is 23.3 Å². The number of rotatable bonds is 7. The number of pyridine rings is 1. The van der Waals surface area contributed by atoms with Crippen LogP contribution in [0.4, 0.5) is 0 Å². The van der Waals surface area contributed by atoms with Gasteiger partial charge >= 0.3 is 5.97 Å². The third-order valence-corrected chi connectivity index (χ3v) is 5.93. The fourth-order valence-corrected chi connectivity index (χ4v) is 4.11. The van der Waals surface area contributed by atoms with Gasteiger partial charge in [-0.3, -0.25) is 14.4 Å². The number of hydrogen-bond donors (Lipinski definition) is 1. The first-order chi connectivity index (χ1) is 14.6. The molecule has 0 bridgehead atoms. The fraction of sp³-hybridized carbons (Fsp3) is 0.440. The molecule has 6 nitrogen and oxygen atoms in total. The van der Waals surface area contributed by atoms with E-state index in [1.807, 2.05) is 20.8 Å². The van der Waals surface area contributed by atoms with Crippen molar-refractivity contribution in [2.45, 2.75) is 59.8 Å². The first-order valence-corrected chi connectivity index (χ1v) is 10.5. The summed E-state index contributed by atoms with van der Waals surface area (Å²) in [5.41, 5.74) is 3.46. The number of esters is 1. The number of aromatic nitrogens is 1. The molecule has 0 aliphatic heterocycles. The second-order valence-corrected chi connectivity index (χ2v) is 8.99. The quantitative estimate of drug-likeness (QED) is 0.537. The van der Waals surface area contributed by atoms with Gasteiger partial charge in [0.15, 0.2) is 5.78 Å². The van der Waals surface area contributed by atoms with Gasteiger partial charge in [-0.15, -0.1) is 0 Å². The number of aromatic amines is 1. The Bertz CT molecular complexity index is 1150. The summed E-state index contributed by atoms with van der Waals surface area (Å²) in [5, 5.41) is 9.33. The second kappa shape index (κ2) is 8.50. The number of hydrogen-bond acceptors (Lipinski definition) is 5. The molecule has 0 spiro atoms. The molecule has 1 aliphatic rings. The molecule has 3 rings (SSSR count). The lowest BCUT2D eigenvalue weighted by Gasteiger charge is -2.22. The van der Waals surface area contributed by atoms with Gasteiger partial charge in [0.1, 0.15) is 0 Å². The van der Waals surface area contributed by atoms with Crippen molar-refractivity contribution in [3.8, 4) is 6.07 Å². The molecule has 31 heavy (non-hydrogen) atoms. The van der Waals surface area contributed by atoms with E-state index in [-0.39, 0.29) is 28.6 Å². The predicted molar refractivity (Wildman–Crippen MR) is 117 cm³/mol. The van der Waals surface area contributed by atoms with E-state index < -0.39 is 0 Å². The number of H-pyrrole nitrogens is 1. The Morgan fingerprint density at radius 3 is 2.45 bits per heavy atom. The Kier molecular flexibility index (Phi) is 6.17. The first kappa shape index (κ1) is 22.5. The molecule has 2 aromatic rings. The van der Waals surface area contributed by atoms with Crippen LogP contribution in [0.3, 0.4) is 0 Å². The van der Waals surface area contributed by atoms with Gasteiger partial charge < -0.3 is 9.72 Å². The maximum absolute atomic E-state index is 13.7. The summed E-state index contributed by atoms with van der Waals surface area (Å²) in [7, 11) is 0. The van der Waals surface area contributed by atoms with Crippen molar-refractivity contribution in [1.29, 1.82) is 5.26 Å². The van der Waals surface area contributed by atoms with Crippen LogP contribution in [0.1, 0.15) is 83.4 Å². The highest BCUT2D eigenvalue weighted by molar-refractivity contribution is 6.11. The van der Waals surface area contributed by atoms with Gasteiger partial charge in [0.05, 0.1) is 18.2 Å². The van der Waals surface area contributed by atoms with E-state index in [4.69, 9.17) is 4.74 Å². The molecule has 1 aliphatic carbocycles. The van der Waals surface area contributed by atoms with Gasteiger partial charge in [0.25, 0.3) is 5.56 Å². The van der Waals surface area contributed by atoms with E-state index in [2.05, 4.69) is 11.1 Å². The van der Waals surface area contributed by atoms with Crippen molar-refractivity contribution in [2.24, 2.45) is 5.41 Å². The molecule has 1 N–H and O–H groups in total. The minimum atomic E-state index is -0.326. The van der Waals surface area contributed by atoms with Gasteiger partial charge in [0.2, 0.25) is 0 Å². The van der Waals surface area contributed by atoms with Crippen molar-refractivity contribution in [3.63, 3.8) is 0 Å². The SMILES string of the molecule is CC(=O)OCC1(Cc2c(C)[nH]c(=O)c(C(C)C)c2C(=O)c2cc(C)cc(C#N)c2)CC1. The number of ether oxygens (including phenoxy) is 1. The summed E-state index contributed by atoms with van der Waals surface area (Å²) >= 11 is 0. The Morgan fingerprint density at radius 2 is 1.90 bits per heavy atom. The second-order valence-electron chi connectivity index (χ2n) is 8.99. The highest BCUT2D eigenvalue weighted by Crippen LogP contribution is 2.49. The smallest absolute Gasteiger partial charge is 0.302 e. The molecule has 1 heterocycles. The number of nitrogens with zero attached hydrogens (tertiary/aromatic N) is 1. The largest absolute Gasteiger partial charge is 0.465 e. The molecule has 0 radical (unpaired) electrons. The van der Waals surface area contributed by atoms with Crippen LogP contribution in [-0.2, 0) is 16.0 Å². The van der Waals surface area contributed by atoms with Crippen molar-refractivity contribution >= 4 is 11.8 Å². The molecule has 162 valence electrons. The monoisotopic (exact) mass is 420 g/mol. The average Bonchev–Trinajstić information content (AvgIpc) is 3.46. The number of carbonyl (C=O) groups is 2. The lowest BCUT2D eigenvalue weighted by atomic mass is 9.84. The zero-order chi connectivity index (χ0) is 22.9. The Labute approximate surface area is 182 Å². The average molecular weight is 421 g/mol. The number of nitriles is 1. The van der Waals surface area contributed by atoms with Crippen LogP contribution < -0.4 is 5.56 Å². The zero-order valence-corrected chi connectivity index (χ0v) is 18.7. The molecule has 0 atom stereocenters. The first-order valence-electron chi connectivity index (χ1n) is 10.5. The molecule has 1 fully saturated rings. The van der Waals surface area contributed by atoms with Gasteiger partial charge in [-0.1, -0.05) is 13.8 Å². The number of carbonyl (C=O) groups excluding carboxylic acids is 2.